The van der Waals surface area contributed by atoms with Gasteiger partial charge in [0, 0.05) is 18.8 Å². The first-order valence-corrected chi connectivity index (χ1v) is 11.5. The van der Waals surface area contributed by atoms with Gasteiger partial charge in [0.05, 0.1) is 12.2 Å². The summed E-state index contributed by atoms with van der Waals surface area (Å²) in [6, 6.07) is 0. The lowest BCUT2D eigenvalue weighted by molar-refractivity contribution is -0.190. The third kappa shape index (κ3) is 2.72. The van der Waals surface area contributed by atoms with Crippen LogP contribution in [0, 0.1) is 28.6 Å². The largest absolute Gasteiger partial charge is 0.458 e. The number of carbonyl (C=O) groups is 3. The third-order valence-electron chi connectivity index (χ3n) is 9.43. The molecule has 7 heteroatoms. The van der Waals surface area contributed by atoms with E-state index in [1.54, 1.807) is 0 Å². The molecule has 0 aromatic carbocycles. The molecule has 3 saturated carbocycles. The number of rotatable bonds is 3. The van der Waals surface area contributed by atoms with Crippen LogP contribution >= 0.6 is 0 Å². The molecule has 8 atom stereocenters. The van der Waals surface area contributed by atoms with Crippen molar-refractivity contribution in [1.29, 1.82) is 0 Å². The molecule has 0 spiro atoms. The summed E-state index contributed by atoms with van der Waals surface area (Å²) in [6.07, 6.45) is 4.99. The molecule has 0 unspecified atom stereocenters. The van der Waals surface area contributed by atoms with Crippen molar-refractivity contribution in [3.05, 3.63) is 11.6 Å². The van der Waals surface area contributed by atoms with Crippen LogP contribution in [0.15, 0.2) is 11.6 Å². The Labute approximate surface area is 182 Å². The number of hydrogen-bond donors (Lipinski definition) is 1. The van der Waals surface area contributed by atoms with Gasteiger partial charge in [-0.1, -0.05) is 19.4 Å². The second-order valence-electron chi connectivity index (χ2n) is 10.7. The standard InChI is InChI=1S/C24H32O7/c1-13(25)29-11-19(28)24-20(30-12-31-24)9-17-16-5-4-14-8-15(26)6-7-22(14,2)21(16)18(27)10-23(17,24)3/h8,16-18,20-21,27H,4-7,9-12H2,1-3H3/t16-,17-,18-,20+,21+,22-,23-,24+/m0/s1. The number of ether oxygens (including phenoxy) is 3. The zero-order valence-electron chi connectivity index (χ0n) is 18.5. The van der Waals surface area contributed by atoms with Crippen molar-refractivity contribution in [3.8, 4) is 0 Å². The molecule has 0 aromatic heterocycles. The predicted octanol–water partition coefficient (Wildman–Crippen LogP) is 2.34. The van der Waals surface area contributed by atoms with E-state index in [9.17, 15) is 19.5 Å². The monoisotopic (exact) mass is 432 g/mol. The first-order valence-electron chi connectivity index (χ1n) is 11.5. The van der Waals surface area contributed by atoms with E-state index in [1.165, 1.54) is 12.5 Å². The number of Topliss-reactive ketones (excluding diaryl/α,β-unsaturated/α-hetero) is 1. The molecule has 0 radical (unpaired) electrons. The highest BCUT2D eigenvalue weighted by Gasteiger charge is 2.74. The summed E-state index contributed by atoms with van der Waals surface area (Å²) >= 11 is 0. The summed E-state index contributed by atoms with van der Waals surface area (Å²) in [5.41, 5.74) is -0.808. The second kappa shape index (κ2) is 6.96. The summed E-state index contributed by atoms with van der Waals surface area (Å²) in [7, 11) is 0. The molecule has 31 heavy (non-hydrogen) atoms. The van der Waals surface area contributed by atoms with Crippen LogP contribution in [0.1, 0.15) is 59.3 Å². The van der Waals surface area contributed by atoms with Crippen LogP contribution in [0.5, 0.6) is 0 Å². The summed E-state index contributed by atoms with van der Waals surface area (Å²) in [5, 5.41) is 11.5. The summed E-state index contributed by atoms with van der Waals surface area (Å²) in [4.78, 5) is 36.8. The lowest BCUT2D eigenvalue weighted by atomic mass is 9.45. The number of allylic oxidation sites excluding steroid dienone is 1. The van der Waals surface area contributed by atoms with Crippen LogP contribution in [0.4, 0.5) is 0 Å². The number of fused-ring (bicyclic) bond motifs is 7. The maximum Gasteiger partial charge on any atom is 0.303 e. The Morgan fingerprint density at radius 1 is 1.29 bits per heavy atom. The molecular formula is C24H32O7. The third-order valence-corrected chi connectivity index (χ3v) is 9.43. The van der Waals surface area contributed by atoms with E-state index in [1.807, 2.05) is 6.08 Å². The molecule has 0 bridgehead atoms. The highest BCUT2D eigenvalue weighted by Crippen LogP contribution is 2.69. The Balaban J connectivity index is 1.52. The van der Waals surface area contributed by atoms with Crippen molar-refractivity contribution in [2.24, 2.45) is 28.6 Å². The number of aliphatic hydroxyl groups is 1. The molecule has 0 amide bonds. The maximum absolute atomic E-state index is 13.4. The molecule has 1 N–H and O–H groups in total. The lowest BCUT2D eigenvalue weighted by Gasteiger charge is -2.60. The highest BCUT2D eigenvalue weighted by atomic mass is 16.7. The van der Waals surface area contributed by atoms with E-state index in [0.29, 0.717) is 19.3 Å². The Morgan fingerprint density at radius 3 is 2.81 bits per heavy atom. The van der Waals surface area contributed by atoms with Crippen molar-refractivity contribution in [1.82, 2.24) is 0 Å². The van der Waals surface area contributed by atoms with Crippen molar-refractivity contribution in [3.63, 3.8) is 0 Å². The summed E-state index contributed by atoms with van der Waals surface area (Å²) < 4.78 is 17.0. The van der Waals surface area contributed by atoms with Gasteiger partial charge in [-0.05, 0) is 61.3 Å². The number of carbonyl (C=O) groups excluding carboxylic acids is 3. The van der Waals surface area contributed by atoms with Crippen LogP contribution in [0.25, 0.3) is 0 Å². The van der Waals surface area contributed by atoms with Gasteiger partial charge in [-0.3, -0.25) is 14.4 Å². The summed E-state index contributed by atoms with van der Waals surface area (Å²) in [6.45, 7) is 5.24. The predicted molar refractivity (Wildman–Crippen MR) is 109 cm³/mol. The molecule has 170 valence electrons. The van der Waals surface area contributed by atoms with Gasteiger partial charge in [0.2, 0.25) is 5.78 Å². The number of aliphatic hydroxyl groups excluding tert-OH is 1. The normalized spacial score (nSPS) is 48.2. The van der Waals surface area contributed by atoms with E-state index in [0.717, 1.165) is 19.3 Å². The van der Waals surface area contributed by atoms with E-state index < -0.39 is 29.2 Å². The highest BCUT2D eigenvalue weighted by molar-refractivity contribution is 5.92. The molecule has 4 fully saturated rings. The zero-order valence-corrected chi connectivity index (χ0v) is 18.5. The van der Waals surface area contributed by atoms with E-state index in [4.69, 9.17) is 14.2 Å². The second-order valence-corrected chi connectivity index (χ2v) is 10.7. The van der Waals surface area contributed by atoms with E-state index in [-0.39, 0.29) is 48.1 Å². The molecule has 1 aliphatic heterocycles. The van der Waals surface area contributed by atoms with Crippen molar-refractivity contribution in [2.45, 2.75) is 77.1 Å². The van der Waals surface area contributed by atoms with Crippen LogP contribution in [-0.2, 0) is 28.6 Å². The topological polar surface area (TPSA) is 99.1 Å². The maximum atomic E-state index is 13.4. The molecule has 7 nitrogen and oxygen atoms in total. The van der Waals surface area contributed by atoms with Gasteiger partial charge < -0.3 is 19.3 Å². The minimum absolute atomic E-state index is 0.0374. The summed E-state index contributed by atoms with van der Waals surface area (Å²) in [5.74, 6) is -0.156. The van der Waals surface area contributed by atoms with Crippen molar-refractivity contribution in [2.75, 3.05) is 13.4 Å². The van der Waals surface area contributed by atoms with E-state index in [2.05, 4.69) is 13.8 Å². The van der Waals surface area contributed by atoms with E-state index >= 15 is 0 Å². The Kier molecular flexibility index (Phi) is 4.78. The van der Waals surface area contributed by atoms with Gasteiger partial charge >= 0.3 is 5.97 Å². The molecular weight excluding hydrogens is 400 g/mol. The smallest absolute Gasteiger partial charge is 0.303 e. The molecule has 5 rings (SSSR count). The molecule has 5 aliphatic rings. The fourth-order valence-corrected chi connectivity index (χ4v) is 8.17. The van der Waals surface area contributed by atoms with Gasteiger partial charge in [0.1, 0.15) is 6.79 Å². The van der Waals surface area contributed by atoms with Crippen molar-refractivity contribution < 1.29 is 33.7 Å². The number of ketones is 2. The van der Waals surface area contributed by atoms with Crippen LogP contribution in [-0.4, -0.2) is 53.9 Å². The van der Waals surface area contributed by atoms with Gasteiger partial charge in [-0.2, -0.15) is 0 Å². The van der Waals surface area contributed by atoms with Crippen molar-refractivity contribution >= 4 is 17.5 Å². The minimum Gasteiger partial charge on any atom is -0.458 e. The Bertz CT molecular complexity index is 864. The van der Waals surface area contributed by atoms with Gasteiger partial charge in [-0.15, -0.1) is 0 Å². The number of hydrogen-bond acceptors (Lipinski definition) is 7. The van der Waals surface area contributed by atoms with Crippen LogP contribution < -0.4 is 0 Å². The molecule has 0 aromatic rings. The molecule has 1 heterocycles. The van der Waals surface area contributed by atoms with Crippen LogP contribution in [0.3, 0.4) is 0 Å². The van der Waals surface area contributed by atoms with Gasteiger partial charge in [0.25, 0.3) is 0 Å². The average Bonchev–Trinajstić information content (AvgIpc) is 3.23. The average molecular weight is 433 g/mol. The first-order chi connectivity index (χ1) is 14.6. The zero-order chi connectivity index (χ0) is 22.2. The lowest BCUT2D eigenvalue weighted by Crippen LogP contribution is -2.63. The van der Waals surface area contributed by atoms with Gasteiger partial charge in [-0.25, -0.2) is 0 Å². The Hall–Kier alpha value is -1.57. The van der Waals surface area contributed by atoms with Crippen LogP contribution in [0.2, 0.25) is 0 Å². The molecule has 1 saturated heterocycles. The number of esters is 1. The fraction of sp³-hybridized carbons (Fsp3) is 0.792. The van der Waals surface area contributed by atoms with Gasteiger partial charge in [0.15, 0.2) is 18.0 Å². The minimum atomic E-state index is -1.20. The molecule has 4 aliphatic carbocycles. The first kappa shape index (κ1) is 21.3. The quantitative estimate of drug-likeness (QED) is 0.684. The fourth-order valence-electron chi connectivity index (χ4n) is 8.17. The Morgan fingerprint density at radius 2 is 2.06 bits per heavy atom. The SMILES string of the molecule is CC(=O)OCC(=O)[C@@]12OCO[C@@H]1C[C@H]1[C@@H]3CCC4=CC(=O)CC[C@]4(C)[C@H]3[C@@H](O)C[C@@]12C.